The topological polar surface area (TPSA) is 92.5 Å². The van der Waals surface area contributed by atoms with Crippen LogP contribution in [-0.2, 0) is 10.0 Å². The Morgan fingerprint density at radius 2 is 1.77 bits per heavy atom. The van der Waals surface area contributed by atoms with Crippen molar-refractivity contribution in [3.63, 3.8) is 0 Å². The smallest absolute Gasteiger partial charge is 0.271 e. The number of benzene rings is 1. The molecular formula is C14H21N3O4S. The lowest BCUT2D eigenvalue weighted by Gasteiger charge is -2.35. The Morgan fingerprint density at radius 1 is 1.23 bits per heavy atom. The highest BCUT2D eigenvalue weighted by molar-refractivity contribution is 7.89. The van der Waals surface area contributed by atoms with Gasteiger partial charge in [0.15, 0.2) is 0 Å². The Balaban J connectivity index is 2.51. The largest absolute Gasteiger partial charge is 0.309 e. The van der Waals surface area contributed by atoms with Crippen LogP contribution >= 0.6 is 0 Å². The summed E-state index contributed by atoms with van der Waals surface area (Å²) in [6, 6.07) is 2.64. The molecule has 1 N–H and O–H groups in total. The van der Waals surface area contributed by atoms with Gasteiger partial charge in [-0.3, -0.25) is 10.1 Å². The quantitative estimate of drug-likeness (QED) is 0.672. The molecule has 1 saturated heterocycles. The predicted molar refractivity (Wildman–Crippen MR) is 83.4 cm³/mol. The SMILES string of the molecule is Cc1cc([N+](=O)[O-])cc(S(=O)(=O)N2CC(C)NC(C)C2)c1C. The molecule has 1 heterocycles. The third-order valence-corrected chi connectivity index (χ3v) is 5.91. The molecule has 8 heteroatoms. The van der Waals surface area contributed by atoms with Crippen molar-refractivity contribution in [2.45, 2.75) is 44.7 Å². The second-order valence-corrected chi connectivity index (χ2v) is 7.84. The number of hydrogen-bond acceptors (Lipinski definition) is 5. The molecule has 0 radical (unpaired) electrons. The number of nitro benzene ring substituents is 1. The van der Waals surface area contributed by atoms with E-state index in [1.54, 1.807) is 13.8 Å². The lowest BCUT2D eigenvalue weighted by Crippen LogP contribution is -2.55. The molecule has 2 unspecified atom stereocenters. The standard InChI is InChI=1S/C14H21N3O4S/c1-9-5-13(17(18)19)6-14(12(9)4)22(20,21)16-7-10(2)15-11(3)8-16/h5-6,10-11,15H,7-8H2,1-4H3. The van der Waals surface area contributed by atoms with E-state index in [0.717, 1.165) is 6.07 Å². The van der Waals surface area contributed by atoms with Gasteiger partial charge in [0.1, 0.15) is 0 Å². The summed E-state index contributed by atoms with van der Waals surface area (Å²) in [6.07, 6.45) is 0. The maximum atomic E-state index is 12.9. The Labute approximate surface area is 130 Å². The molecule has 2 rings (SSSR count). The minimum Gasteiger partial charge on any atom is -0.309 e. The lowest BCUT2D eigenvalue weighted by atomic mass is 10.1. The first kappa shape index (κ1) is 16.9. The van der Waals surface area contributed by atoms with Gasteiger partial charge in [0, 0.05) is 37.3 Å². The average molecular weight is 327 g/mol. The van der Waals surface area contributed by atoms with Gasteiger partial charge in [0.2, 0.25) is 10.0 Å². The van der Waals surface area contributed by atoms with E-state index in [2.05, 4.69) is 5.32 Å². The van der Waals surface area contributed by atoms with Crippen molar-refractivity contribution < 1.29 is 13.3 Å². The molecule has 1 aliphatic heterocycles. The third-order valence-electron chi connectivity index (χ3n) is 3.96. The maximum Gasteiger partial charge on any atom is 0.271 e. The van der Waals surface area contributed by atoms with Gasteiger partial charge in [-0.1, -0.05) is 0 Å². The molecule has 2 atom stereocenters. The van der Waals surface area contributed by atoms with Crippen LogP contribution in [0.3, 0.4) is 0 Å². The van der Waals surface area contributed by atoms with Gasteiger partial charge in [-0.05, 0) is 38.8 Å². The summed E-state index contributed by atoms with van der Waals surface area (Å²) in [5, 5.41) is 14.3. The van der Waals surface area contributed by atoms with Crippen molar-refractivity contribution in [2.24, 2.45) is 0 Å². The Morgan fingerprint density at radius 3 is 2.27 bits per heavy atom. The number of nitrogens with zero attached hydrogens (tertiary/aromatic N) is 2. The summed E-state index contributed by atoms with van der Waals surface area (Å²) in [7, 11) is -3.75. The van der Waals surface area contributed by atoms with Crippen LogP contribution in [0.4, 0.5) is 5.69 Å². The van der Waals surface area contributed by atoms with E-state index in [9.17, 15) is 18.5 Å². The second-order valence-electron chi connectivity index (χ2n) is 5.93. The van der Waals surface area contributed by atoms with Gasteiger partial charge >= 0.3 is 0 Å². The summed E-state index contributed by atoms with van der Waals surface area (Å²) in [5.41, 5.74) is 0.964. The van der Waals surface area contributed by atoms with Gasteiger partial charge in [0.25, 0.3) is 5.69 Å². The van der Waals surface area contributed by atoms with E-state index in [1.807, 2.05) is 13.8 Å². The first-order valence-electron chi connectivity index (χ1n) is 7.14. The van der Waals surface area contributed by atoms with Crippen LogP contribution in [0.25, 0.3) is 0 Å². The number of nitrogens with one attached hydrogen (secondary N) is 1. The molecule has 0 amide bonds. The van der Waals surface area contributed by atoms with E-state index in [1.165, 1.54) is 10.4 Å². The summed E-state index contributed by atoms with van der Waals surface area (Å²) in [4.78, 5) is 10.5. The predicted octanol–water partition coefficient (Wildman–Crippen LogP) is 1.58. The van der Waals surface area contributed by atoms with Crippen molar-refractivity contribution in [3.8, 4) is 0 Å². The highest BCUT2D eigenvalue weighted by Crippen LogP contribution is 2.28. The van der Waals surface area contributed by atoms with Crippen molar-refractivity contribution in [3.05, 3.63) is 33.4 Å². The summed E-state index contributed by atoms with van der Waals surface area (Å²) in [6.45, 7) is 7.92. The zero-order valence-electron chi connectivity index (χ0n) is 13.2. The summed E-state index contributed by atoms with van der Waals surface area (Å²) in [5.74, 6) is 0. The second kappa shape index (κ2) is 5.94. The van der Waals surface area contributed by atoms with Crippen LogP contribution in [0.5, 0.6) is 0 Å². The zero-order valence-corrected chi connectivity index (χ0v) is 14.0. The van der Waals surface area contributed by atoms with Crippen LogP contribution in [0, 0.1) is 24.0 Å². The van der Waals surface area contributed by atoms with Gasteiger partial charge in [-0.25, -0.2) is 8.42 Å². The number of nitro groups is 1. The first-order chi connectivity index (χ1) is 10.1. The Bertz CT molecular complexity index is 692. The van der Waals surface area contributed by atoms with Crippen LogP contribution in [0.15, 0.2) is 17.0 Å². The molecule has 1 fully saturated rings. The summed E-state index contributed by atoms with van der Waals surface area (Å²) >= 11 is 0. The zero-order chi connectivity index (χ0) is 16.7. The fourth-order valence-corrected chi connectivity index (χ4v) is 4.73. The molecule has 0 bridgehead atoms. The van der Waals surface area contributed by atoms with Crippen molar-refractivity contribution >= 4 is 15.7 Å². The van der Waals surface area contributed by atoms with Crippen LogP contribution < -0.4 is 5.32 Å². The number of non-ortho nitro benzene ring substituents is 1. The molecule has 1 aromatic rings. The van der Waals surface area contributed by atoms with Crippen molar-refractivity contribution in [1.29, 1.82) is 0 Å². The number of piperazine rings is 1. The van der Waals surface area contributed by atoms with E-state index >= 15 is 0 Å². The molecule has 0 spiro atoms. The highest BCUT2D eigenvalue weighted by atomic mass is 32.2. The van der Waals surface area contributed by atoms with Gasteiger partial charge in [-0.2, -0.15) is 4.31 Å². The molecule has 0 aromatic heterocycles. The van der Waals surface area contributed by atoms with Crippen LogP contribution in [0.1, 0.15) is 25.0 Å². The molecule has 0 aliphatic carbocycles. The average Bonchev–Trinajstić information content (AvgIpc) is 2.40. The first-order valence-corrected chi connectivity index (χ1v) is 8.58. The van der Waals surface area contributed by atoms with Gasteiger partial charge in [-0.15, -0.1) is 0 Å². The number of aryl methyl sites for hydroxylation is 1. The van der Waals surface area contributed by atoms with E-state index in [0.29, 0.717) is 24.2 Å². The number of sulfonamides is 1. The van der Waals surface area contributed by atoms with E-state index in [4.69, 9.17) is 0 Å². The molecule has 22 heavy (non-hydrogen) atoms. The molecule has 7 nitrogen and oxygen atoms in total. The van der Waals surface area contributed by atoms with Crippen LogP contribution in [0.2, 0.25) is 0 Å². The highest BCUT2D eigenvalue weighted by Gasteiger charge is 2.33. The van der Waals surface area contributed by atoms with Gasteiger partial charge < -0.3 is 5.32 Å². The fraction of sp³-hybridized carbons (Fsp3) is 0.571. The molecule has 1 aromatic carbocycles. The Kier molecular flexibility index (Phi) is 4.55. The molecule has 0 saturated carbocycles. The minimum atomic E-state index is -3.75. The van der Waals surface area contributed by atoms with E-state index in [-0.39, 0.29) is 22.7 Å². The van der Waals surface area contributed by atoms with Crippen molar-refractivity contribution in [2.75, 3.05) is 13.1 Å². The normalized spacial score (nSPS) is 23.5. The molecule has 122 valence electrons. The molecule has 1 aliphatic rings. The molecular weight excluding hydrogens is 306 g/mol. The monoisotopic (exact) mass is 327 g/mol. The Hall–Kier alpha value is -1.51. The number of hydrogen-bond donors (Lipinski definition) is 1. The fourth-order valence-electron chi connectivity index (χ4n) is 2.79. The van der Waals surface area contributed by atoms with Crippen LogP contribution in [-0.4, -0.2) is 42.8 Å². The number of rotatable bonds is 3. The van der Waals surface area contributed by atoms with Gasteiger partial charge in [0.05, 0.1) is 9.82 Å². The van der Waals surface area contributed by atoms with Crippen molar-refractivity contribution in [1.82, 2.24) is 9.62 Å². The van der Waals surface area contributed by atoms with E-state index < -0.39 is 14.9 Å². The maximum absolute atomic E-state index is 12.9. The summed E-state index contributed by atoms with van der Waals surface area (Å²) < 4.78 is 27.2. The lowest BCUT2D eigenvalue weighted by molar-refractivity contribution is -0.385. The third kappa shape index (κ3) is 3.13. The minimum absolute atomic E-state index is 0.0282.